The van der Waals surface area contributed by atoms with Crippen molar-refractivity contribution in [2.24, 2.45) is 4.99 Å². The molecule has 1 atom stereocenters. The summed E-state index contributed by atoms with van der Waals surface area (Å²) in [6.45, 7) is 8.11. The first-order chi connectivity index (χ1) is 16.9. The number of rotatable bonds is 5. The van der Waals surface area contributed by atoms with Gasteiger partial charge in [-0.25, -0.2) is 9.79 Å². The zero-order chi connectivity index (χ0) is 24.7. The molecule has 2 aromatic heterocycles. The molecule has 0 saturated heterocycles. The first-order valence-electron chi connectivity index (χ1n) is 11.7. The number of hydrogen-bond donors (Lipinski definition) is 0. The summed E-state index contributed by atoms with van der Waals surface area (Å²) >= 11 is 1.34. The van der Waals surface area contributed by atoms with Crippen LogP contribution in [0.5, 0.6) is 0 Å². The van der Waals surface area contributed by atoms with E-state index in [-0.39, 0.29) is 18.2 Å². The van der Waals surface area contributed by atoms with Gasteiger partial charge in [0.15, 0.2) is 4.80 Å². The number of aromatic nitrogens is 2. The van der Waals surface area contributed by atoms with E-state index in [1.165, 1.54) is 11.3 Å². The van der Waals surface area contributed by atoms with Crippen LogP contribution in [-0.4, -0.2) is 21.7 Å². The molecule has 4 aromatic rings. The Morgan fingerprint density at radius 2 is 1.86 bits per heavy atom. The lowest BCUT2D eigenvalue weighted by Gasteiger charge is -2.24. The minimum Gasteiger partial charge on any atom is -0.463 e. The van der Waals surface area contributed by atoms with Crippen molar-refractivity contribution >= 4 is 34.3 Å². The van der Waals surface area contributed by atoms with Gasteiger partial charge in [-0.05, 0) is 45.4 Å². The Hall–Kier alpha value is -3.71. The number of carbonyl (C=O) groups is 1. The predicted octanol–water partition coefficient (Wildman–Crippen LogP) is 4.33. The van der Waals surface area contributed by atoms with Crippen LogP contribution in [0.25, 0.3) is 17.0 Å². The second-order valence-corrected chi connectivity index (χ2v) is 9.82. The largest absolute Gasteiger partial charge is 0.463 e. The Kier molecular flexibility index (Phi) is 6.03. The molecule has 0 bridgehead atoms. The van der Waals surface area contributed by atoms with Crippen molar-refractivity contribution in [2.45, 2.75) is 39.8 Å². The number of carbonyl (C=O) groups excluding carboxylic acids is 1. The van der Waals surface area contributed by atoms with Gasteiger partial charge in [0.1, 0.15) is 0 Å². The maximum atomic E-state index is 13.8. The number of benzene rings is 2. The molecule has 0 fully saturated rings. The van der Waals surface area contributed by atoms with Gasteiger partial charge in [0.05, 0.1) is 28.5 Å². The lowest BCUT2D eigenvalue weighted by atomic mass is 9.96. The summed E-state index contributed by atoms with van der Waals surface area (Å²) in [6.07, 6.45) is 4.04. The van der Waals surface area contributed by atoms with Crippen LogP contribution in [0.3, 0.4) is 0 Å². The molecule has 2 aromatic carbocycles. The molecule has 0 saturated carbocycles. The van der Waals surface area contributed by atoms with Crippen molar-refractivity contribution < 1.29 is 9.53 Å². The number of hydrogen-bond acceptors (Lipinski definition) is 5. The molecule has 0 N–H and O–H groups in total. The summed E-state index contributed by atoms with van der Waals surface area (Å²) < 4.78 is 9.78. The topological polar surface area (TPSA) is 65.6 Å². The molecule has 178 valence electrons. The van der Waals surface area contributed by atoms with Gasteiger partial charge >= 0.3 is 5.97 Å². The van der Waals surface area contributed by atoms with Crippen LogP contribution >= 0.6 is 11.3 Å². The van der Waals surface area contributed by atoms with E-state index in [4.69, 9.17) is 4.74 Å². The van der Waals surface area contributed by atoms with Crippen LogP contribution in [0.1, 0.15) is 50.9 Å². The molecule has 35 heavy (non-hydrogen) atoms. The highest BCUT2D eigenvalue weighted by Gasteiger charge is 2.33. The van der Waals surface area contributed by atoms with E-state index in [9.17, 15) is 9.59 Å². The van der Waals surface area contributed by atoms with Gasteiger partial charge in [-0.3, -0.25) is 9.36 Å². The summed E-state index contributed by atoms with van der Waals surface area (Å²) in [5.41, 5.74) is 3.75. The lowest BCUT2D eigenvalue weighted by molar-refractivity contribution is -0.139. The van der Waals surface area contributed by atoms with Crippen LogP contribution in [0.4, 0.5) is 0 Å². The third-order valence-corrected chi connectivity index (χ3v) is 7.23. The smallest absolute Gasteiger partial charge is 0.338 e. The van der Waals surface area contributed by atoms with E-state index in [1.807, 2.05) is 48.5 Å². The SMILES string of the molecule is CCOC(=O)C1=C(C)N=c2s/c(=C\c3cn(C(C)C)c4ccccc34)c(=O)n2[C@H]1c1ccccc1. The van der Waals surface area contributed by atoms with Gasteiger partial charge in [-0.1, -0.05) is 59.9 Å². The maximum Gasteiger partial charge on any atom is 0.338 e. The summed E-state index contributed by atoms with van der Waals surface area (Å²) in [5, 5.41) is 1.09. The number of ether oxygens (including phenoxy) is 1. The first kappa shape index (κ1) is 23.1. The molecule has 0 amide bonds. The minimum absolute atomic E-state index is 0.168. The Morgan fingerprint density at radius 3 is 2.57 bits per heavy atom. The number of para-hydroxylation sites is 1. The molecule has 1 aliphatic heterocycles. The van der Waals surface area contributed by atoms with E-state index in [0.29, 0.717) is 20.6 Å². The molecule has 0 aliphatic carbocycles. The minimum atomic E-state index is -0.592. The fourth-order valence-electron chi connectivity index (χ4n) is 4.66. The van der Waals surface area contributed by atoms with Crippen LogP contribution in [-0.2, 0) is 9.53 Å². The molecule has 0 spiro atoms. The second-order valence-electron chi connectivity index (χ2n) is 8.82. The quantitative estimate of drug-likeness (QED) is 0.395. The van der Waals surface area contributed by atoms with E-state index < -0.39 is 12.0 Å². The van der Waals surface area contributed by atoms with E-state index in [2.05, 4.69) is 41.7 Å². The highest BCUT2D eigenvalue weighted by molar-refractivity contribution is 7.07. The summed E-state index contributed by atoms with van der Waals surface area (Å²) in [4.78, 5) is 32.0. The van der Waals surface area contributed by atoms with Crippen LogP contribution in [0.2, 0.25) is 0 Å². The standard InChI is InChI=1S/C28H27N3O3S/c1-5-34-27(33)24-18(4)29-28-31(25(24)19-11-7-6-8-12-19)26(32)23(35-28)15-20-16-30(17(2)3)22-14-10-9-13-21(20)22/h6-17,25H,5H2,1-4H3/b23-15-/t25-/m0/s1. The first-order valence-corrected chi connectivity index (χ1v) is 12.6. The summed E-state index contributed by atoms with van der Waals surface area (Å²) in [6, 6.07) is 17.5. The molecule has 3 heterocycles. The number of allylic oxidation sites excluding steroid dienone is 1. The van der Waals surface area contributed by atoms with Gasteiger partial charge in [-0.15, -0.1) is 0 Å². The third kappa shape index (κ3) is 3.96. The summed E-state index contributed by atoms with van der Waals surface area (Å²) in [5.74, 6) is -0.447. The molecular weight excluding hydrogens is 458 g/mol. The number of fused-ring (bicyclic) bond motifs is 2. The van der Waals surface area contributed by atoms with Crippen LogP contribution in [0.15, 0.2) is 81.9 Å². The van der Waals surface area contributed by atoms with Crippen LogP contribution < -0.4 is 14.9 Å². The van der Waals surface area contributed by atoms with E-state index in [1.54, 1.807) is 18.4 Å². The van der Waals surface area contributed by atoms with Crippen molar-refractivity contribution in [1.82, 2.24) is 9.13 Å². The molecule has 1 aliphatic rings. The molecule has 0 radical (unpaired) electrons. The fourth-order valence-corrected chi connectivity index (χ4v) is 5.70. The Morgan fingerprint density at radius 1 is 1.14 bits per heavy atom. The normalized spacial score (nSPS) is 16.0. The number of thiazole rings is 1. The average Bonchev–Trinajstić information content (AvgIpc) is 3.37. The van der Waals surface area contributed by atoms with Gasteiger partial charge in [-0.2, -0.15) is 0 Å². The Bertz CT molecular complexity index is 1640. The Balaban J connectivity index is 1.75. The number of esters is 1. The van der Waals surface area contributed by atoms with Gasteiger partial charge < -0.3 is 9.30 Å². The number of nitrogens with zero attached hydrogens (tertiary/aromatic N) is 3. The molecular formula is C28H27N3O3S. The monoisotopic (exact) mass is 485 g/mol. The fraction of sp³-hybridized carbons (Fsp3) is 0.250. The molecule has 7 heteroatoms. The summed E-state index contributed by atoms with van der Waals surface area (Å²) in [7, 11) is 0. The average molecular weight is 486 g/mol. The van der Waals surface area contributed by atoms with E-state index in [0.717, 1.165) is 22.0 Å². The maximum absolute atomic E-state index is 13.8. The zero-order valence-electron chi connectivity index (χ0n) is 20.2. The molecule has 5 rings (SSSR count). The second kappa shape index (κ2) is 9.15. The third-order valence-electron chi connectivity index (χ3n) is 6.25. The van der Waals surface area contributed by atoms with Crippen molar-refractivity contribution in [2.75, 3.05) is 6.61 Å². The highest BCUT2D eigenvalue weighted by atomic mass is 32.1. The van der Waals surface area contributed by atoms with Crippen LogP contribution in [0, 0.1) is 0 Å². The van der Waals surface area contributed by atoms with Crippen molar-refractivity contribution in [3.05, 3.63) is 103 Å². The lowest BCUT2D eigenvalue weighted by Crippen LogP contribution is -2.39. The molecule has 6 nitrogen and oxygen atoms in total. The van der Waals surface area contributed by atoms with Crippen molar-refractivity contribution in [3.63, 3.8) is 0 Å². The van der Waals surface area contributed by atoms with Gasteiger partial charge in [0.2, 0.25) is 0 Å². The van der Waals surface area contributed by atoms with Crippen molar-refractivity contribution in [1.29, 1.82) is 0 Å². The molecule has 0 unspecified atom stereocenters. The zero-order valence-corrected chi connectivity index (χ0v) is 21.0. The van der Waals surface area contributed by atoms with Gasteiger partial charge in [0.25, 0.3) is 5.56 Å². The predicted molar refractivity (Wildman–Crippen MR) is 139 cm³/mol. The highest BCUT2D eigenvalue weighted by Crippen LogP contribution is 2.30. The van der Waals surface area contributed by atoms with Crippen molar-refractivity contribution in [3.8, 4) is 0 Å². The van der Waals surface area contributed by atoms with E-state index >= 15 is 0 Å². The Labute approximate surface area is 207 Å². The van der Waals surface area contributed by atoms with Gasteiger partial charge in [0, 0.05) is 28.7 Å².